The Bertz CT molecular complexity index is 795. The third-order valence-corrected chi connectivity index (χ3v) is 11.6. The molecule has 6 nitrogen and oxygen atoms in total. The van der Waals surface area contributed by atoms with Gasteiger partial charge in [-0.2, -0.15) is 0 Å². The summed E-state index contributed by atoms with van der Waals surface area (Å²) in [5.41, 5.74) is -0.395. The van der Waals surface area contributed by atoms with Gasteiger partial charge in [0.25, 0.3) is 0 Å². The van der Waals surface area contributed by atoms with E-state index in [4.69, 9.17) is 18.9 Å². The molecule has 0 aromatic heterocycles. The molecular weight excluding hydrogens is 492 g/mol. The smallest absolute Gasteiger partial charge is 0.313 e. The van der Waals surface area contributed by atoms with Crippen molar-refractivity contribution < 1.29 is 28.5 Å². The third kappa shape index (κ3) is 6.68. The highest BCUT2D eigenvalue weighted by Gasteiger charge is 2.50. The summed E-state index contributed by atoms with van der Waals surface area (Å²) >= 11 is 0. The van der Waals surface area contributed by atoms with Crippen LogP contribution in [0.3, 0.4) is 0 Å². The first-order valence-electron chi connectivity index (χ1n) is 16.2. The molecule has 8 aliphatic rings. The van der Waals surface area contributed by atoms with Crippen LogP contribution in [0.5, 0.6) is 0 Å². The second-order valence-corrected chi connectivity index (χ2v) is 14.8. The van der Waals surface area contributed by atoms with Crippen LogP contribution in [0.2, 0.25) is 0 Å². The van der Waals surface area contributed by atoms with Gasteiger partial charge in [-0.05, 0) is 138 Å². The van der Waals surface area contributed by atoms with Gasteiger partial charge < -0.3 is 18.9 Å². The van der Waals surface area contributed by atoms with Gasteiger partial charge >= 0.3 is 11.9 Å². The van der Waals surface area contributed by atoms with Gasteiger partial charge in [0.05, 0.1) is 23.5 Å². The van der Waals surface area contributed by atoms with Gasteiger partial charge in [-0.15, -0.1) is 0 Å². The Morgan fingerprint density at radius 3 is 1.41 bits per heavy atom. The maximum Gasteiger partial charge on any atom is 0.313 e. The topological polar surface area (TPSA) is 71.1 Å². The van der Waals surface area contributed by atoms with E-state index in [2.05, 4.69) is 0 Å². The van der Waals surface area contributed by atoms with Gasteiger partial charge in [-0.1, -0.05) is 20.8 Å². The van der Waals surface area contributed by atoms with Crippen molar-refractivity contribution in [1.82, 2.24) is 0 Å². The van der Waals surface area contributed by atoms with Crippen molar-refractivity contribution in [3.63, 3.8) is 0 Å². The van der Waals surface area contributed by atoms with Crippen molar-refractivity contribution in [3.8, 4) is 0 Å². The van der Waals surface area contributed by atoms with Gasteiger partial charge in [0.15, 0.2) is 13.6 Å². The SMILES string of the molecule is CCC(C)(C)C(=O)OCOC1C2CC3CC(C2)CC1C3.CCC(C)C(=O)OCOC1C2CC3CC(C2)CC1C3. The first kappa shape index (κ1) is 29.4. The number of esters is 2. The number of ether oxygens (including phenoxy) is 4. The lowest BCUT2D eigenvalue weighted by molar-refractivity contribution is -0.193. The molecule has 0 spiro atoms. The summed E-state index contributed by atoms with van der Waals surface area (Å²) in [7, 11) is 0. The molecular formula is C33H54O6. The van der Waals surface area contributed by atoms with E-state index < -0.39 is 5.41 Å². The molecule has 8 aliphatic carbocycles. The summed E-state index contributed by atoms with van der Waals surface area (Å²) < 4.78 is 22.5. The van der Waals surface area contributed by atoms with E-state index in [0.717, 1.165) is 60.2 Å². The first-order chi connectivity index (χ1) is 18.7. The summed E-state index contributed by atoms with van der Waals surface area (Å²) in [6.45, 7) is 10.1. The largest absolute Gasteiger partial charge is 0.438 e. The van der Waals surface area contributed by atoms with Gasteiger partial charge in [0, 0.05) is 0 Å². The molecule has 8 saturated carbocycles. The van der Waals surface area contributed by atoms with E-state index in [-0.39, 0.29) is 31.4 Å². The van der Waals surface area contributed by atoms with Gasteiger partial charge in [0.2, 0.25) is 0 Å². The minimum absolute atomic E-state index is 0.0119. The zero-order valence-corrected chi connectivity index (χ0v) is 25.2. The van der Waals surface area contributed by atoms with E-state index >= 15 is 0 Å². The highest BCUT2D eigenvalue weighted by atomic mass is 16.7. The fourth-order valence-electron chi connectivity index (χ4n) is 9.28. The molecule has 8 bridgehead atoms. The normalized spacial score (nSPS) is 40.1. The monoisotopic (exact) mass is 546 g/mol. The van der Waals surface area contributed by atoms with Gasteiger partial charge in [-0.3, -0.25) is 9.59 Å². The molecule has 8 fully saturated rings. The van der Waals surface area contributed by atoms with Crippen molar-refractivity contribution in [3.05, 3.63) is 0 Å². The number of carbonyl (C=O) groups excluding carboxylic acids is 2. The Morgan fingerprint density at radius 1 is 0.667 bits per heavy atom. The summed E-state index contributed by atoms with van der Waals surface area (Å²) in [4.78, 5) is 23.6. The van der Waals surface area contributed by atoms with Crippen LogP contribution in [-0.4, -0.2) is 37.7 Å². The van der Waals surface area contributed by atoms with Crippen molar-refractivity contribution in [2.75, 3.05) is 13.6 Å². The molecule has 0 amide bonds. The van der Waals surface area contributed by atoms with E-state index in [1.54, 1.807) is 0 Å². The quantitative estimate of drug-likeness (QED) is 0.214. The molecule has 8 rings (SSSR count). The maximum atomic E-state index is 11.9. The van der Waals surface area contributed by atoms with Crippen molar-refractivity contribution >= 4 is 11.9 Å². The number of hydrogen-bond acceptors (Lipinski definition) is 6. The Balaban J connectivity index is 0.000000158. The van der Waals surface area contributed by atoms with E-state index in [0.29, 0.717) is 12.2 Å². The van der Waals surface area contributed by atoms with Crippen LogP contribution >= 0.6 is 0 Å². The lowest BCUT2D eigenvalue weighted by atomic mass is 9.55. The standard InChI is InChI=1S/C17H28O3.C16H26O3/c1-4-17(2,3)16(18)20-10-19-15-13-6-11-5-12(8-13)9-14(15)7-11;1-3-10(2)16(17)19-9-18-15-13-5-11-4-12(7-13)8-14(15)6-11/h11-15H,4-10H2,1-3H3;10-15H,3-9H2,1-2H3. The summed E-state index contributed by atoms with van der Waals surface area (Å²) in [6, 6.07) is 0. The van der Waals surface area contributed by atoms with Crippen LogP contribution in [0.1, 0.15) is 112 Å². The van der Waals surface area contributed by atoms with Crippen molar-refractivity contribution in [2.24, 2.45) is 58.7 Å². The summed E-state index contributed by atoms with van der Waals surface area (Å²) in [5, 5.41) is 0. The number of rotatable bonds is 10. The second kappa shape index (κ2) is 12.4. The van der Waals surface area contributed by atoms with Gasteiger partial charge in [-0.25, -0.2) is 0 Å². The molecule has 6 heteroatoms. The molecule has 222 valence electrons. The molecule has 0 aromatic rings. The second-order valence-electron chi connectivity index (χ2n) is 14.8. The van der Waals surface area contributed by atoms with Crippen LogP contribution in [0, 0.1) is 58.7 Å². The Kier molecular flexibility index (Phi) is 9.32. The predicted molar refractivity (Wildman–Crippen MR) is 149 cm³/mol. The minimum atomic E-state index is -0.395. The fourth-order valence-corrected chi connectivity index (χ4v) is 9.28. The zero-order chi connectivity index (χ0) is 27.7. The molecule has 1 atom stereocenters. The van der Waals surface area contributed by atoms with E-state index in [9.17, 15) is 9.59 Å². The van der Waals surface area contributed by atoms with Crippen LogP contribution in [-0.2, 0) is 28.5 Å². The van der Waals surface area contributed by atoms with Crippen LogP contribution in [0.4, 0.5) is 0 Å². The lowest BCUT2D eigenvalue weighted by Crippen LogP contribution is -2.49. The van der Waals surface area contributed by atoms with E-state index in [1.165, 1.54) is 64.2 Å². The molecule has 0 radical (unpaired) electrons. The average molecular weight is 547 g/mol. The molecule has 1 unspecified atom stereocenters. The number of carbonyl (C=O) groups is 2. The van der Waals surface area contributed by atoms with Crippen LogP contribution in [0.15, 0.2) is 0 Å². The molecule has 0 heterocycles. The predicted octanol–water partition coefficient (Wildman–Crippen LogP) is 7.14. The average Bonchev–Trinajstić information content (AvgIpc) is 2.90. The zero-order valence-electron chi connectivity index (χ0n) is 25.2. The van der Waals surface area contributed by atoms with E-state index in [1.807, 2.05) is 34.6 Å². The highest BCUT2D eigenvalue weighted by Crippen LogP contribution is 2.55. The lowest BCUT2D eigenvalue weighted by Gasteiger charge is -2.53. The Morgan fingerprint density at radius 2 is 1.05 bits per heavy atom. The third-order valence-electron chi connectivity index (χ3n) is 11.6. The van der Waals surface area contributed by atoms with Crippen molar-refractivity contribution in [1.29, 1.82) is 0 Å². The summed E-state index contributed by atoms with van der Waals surface area (Å²) in [5.74, 6) is 6.50. The molecule has 0 aliphatic heterocycles. The molecule has 0 N–H and O–H groups in total. The Hall–Kier alpha value is -1.14. The van der Waals surface area contributed by atoms with Crippen LogP contribution in [0.25, 0.3) is 0 Å². The highest BCUT2D eigenvalue weighted by molar-refractivity contribution is 5.75. The van der Waals surface area contributed by atoms with Crippen LogP contribution < -0.4 is 0 Å². The molecule has 39 heavy (non-hydrogen) atoms. The fraction of sp³-hybridized carbons (Fsp3) is 0.939. The maximum absolute atomic E-state index is 11.9. The summed E-state index contributed by atoms with van der Waals surface area (Å²) in [6.07, 6.45) is 16.0. The van der Waals surface area contributed by atoms with Gasteiger partial charge in [0.1, 0.15) is 0 Å². The molecule has 0 saturated heterocycles. The first-order valence-corrected chi connectivity index (χ1v) is 16.2. The Labute approximate surface area is 236 Å². The number of hydrogen-bond donors (Lipinski definition) is 0. The molecule has 0 aromatic carbocycles. The minimum Gasteiger partial charge on any atom is -0.438 e. The van der Waals surface area contributed by atoms with Crippen molar-refractivity contribution in [2.45, 2.75) is 124 Å².